The molecule has 0 radical (unpaired) electrons. The molecule has 1 saturated heterocycles. The molecule has 116 valence electrons. The van der Waals surface area contributed by atoms with Crippen LogP contribution in [0.1, 0.15) is 39.6 Å². The molecule has 7 heteroatoms. The maximum atomic E-state index is 12.4. The van der Waals surface area contributed by atoms with Crippen LogP contribution in [0.4, 0.5) is 11.1 Å². The number of anilines is 2. The van der Waals surface area contributed by atoms with Gasteiger partial charge < -0.3 is 4.90 Å². The molecule has 22 heavy (non-hydrogen) atoms. The lowest BCUT2D eigenvalue weighted by molar-refractivity contribution is 0.102. The third-order valence-corrected chi connectivity index (χ3v) is 4.70. The van der Waals surface area contributed by atoms with Crippen LogP contribution in [-0.4, -0.2) is 33.9 Å². The van der Waals surface area contributed by atoms with Gasteiger partial charge in [-0.3, -0.25) is 10.1 Å². The van der Waals surface area contributed by atoms with Crippen LogP contribution in [0.3, 0.4) is 0 Å². The molecule has 1 aliphatic heterocycles. The van der Waals surface area contributed by atoms with Crippen molar-refractivity contribution in [3.63, 3.8) is 0 Å². The second kappa shape index (κ2) is 6.00. The summed E-state index contributed by atoms with van der Waals surface area (Å²) in [6.07, 6.45) is 2.30. The molecule has 2 aromatic heterocycles. The molecule has 1 N–H and O–H groups in total. The molecule has 0 spiro atoms. The quantitative estimate of drug-likeness (QED) is 0.942. The van der Waals surface area contributed by atoms with Crippen molar-refractivity contribution in [2.45, 2.75) is 33.6 Å². The van der Waals surface area contributed by atoms with E-state index >= 15 is 0 Å². The van der Waals surface area contributed by atoms with Gasteiger partial charge in [0.05, 0.1) is 5.69 Å². The van der Waals surface area contributed by atoms with Gasteiger partial charge in [0.25, 0.3) is 5.91 Å². The predicted octanol–water partition coefficient (Wildman–Crippen LogP) is 2.71. The molecule has 0 saturated carbocycles. The molecule has 6 nitrogen and oxygen atoms in total. The first-order chi connectivity index (χ1) is 10.5. The fourth-order valence-electron chi connectivity index (χ4n) is 2.42. The van der Waals surface area contributed by atoms with Crippen LogP contribution >= 0.6 is 11.3 Å². The first kappa shape index (κ1) is 14.9. The highest BCUT2D eigenvalue weighted by atomic mass is 32.1. The van der Waals surface area contributed by atoms with E-state index in [1.807, 2.05) is 20.8 Å². The average molecular weight is 317 g/mol. The summed E-state index contributed by atoms with van der Waals surface area (Å²) in [5.41, 5.74) is 2.13. The molecule has 0 aromatic carbocycles. The van der Waals surface area contributed by atoms with Crippen LogP contribution in [0.2, 0.25) is 0 Å². The molecule has 0 unspecified atom stereocenters. The SMILES string of the molecule is Cc1cc(C(=O)Nc2nc(C)c(C)s2)nc(N2CCCC2)n1. The highest BCUT2D eigenvalue weighted by molar-refractivity contribution is 7.15. The van der Waals surface area contributed by atoms with Crippen molar-refractivity contribution in [2.24, 2.45) is 0 Å². The third kappa shape index (κ3) is 3.09. The minimum Gasteiger partial charge on any atom is -0.341 e. The Balaban J connectivity index is 1.82. The predicted molar refractivity (Wildman–Crippen MR) is 87.8 cm³/mol. The molecule has 0 aliphatic carbocycles. The lowest BCUT2D eigenvalue weighted by Crippen LogP contribution is -2.23. The van der Waals surface area contributed by atoms with Gasteiger partial charge in [-0.05, 0) is 39.7 Å². The van der Waals surface area contributed by atoms with Crippen molar-refractivity contribution in [2.75, 3.05) is 23.3 Å². The fourth-order valence-corrected chi connectivity index (χ4v) is 3.22. The second-order valence-electron chi connectivity index (χ2n) is 5.50. The van der Waals surface area contributed by atoms with Crippen molar-refractivity contribution in [3.05, 3.63) is 28.0 Å². The Labute approximate surface area is 133 Å². The van der Waals surface area contributed by atoms with Crippen LogP contribution < -0.4 is 10.2 Å². The number of hydrogen-bond acceptors (Lipinski definition) is 6. The van der Waals surface area contributed by atoms with Crippen molar-refractivity contribution < 1.29 is 4.79 Å². The smallest absolute Gasteiger partial charge is 0.276 e. The Bertz CT molecular complexity index is 686. The third-order valence-electron chi connectivity index (χ3n) is 3.71. The number of nitrogens with one attached hydrogen (secondary N) is 1. The van der Waals surface area contributed by atoms with E-state index in [0.717, 1.165) is 42.2 Å². The number of hydrogen-bond donors (Lipinski definition) is 1. The number of nitrogens with zero attached hydrogens (tertiary/aromatic N) is 4. The van der Waals surface area contributed by atoms with E-state index in [1.165, 1.54) is 11.3 Å². The van der Waals surface area contributed by atoms with Gasteiger partial charge in [-0.25, -0.2) is 15.0 Å². The van der Waals surface area contributed by atoms with Crippen LogP contribution in [0.25, 0.3) is 0 Å². The van der Waals surface area contributed by atoms with Gasteiger partial charge in [-0.2, -0.15) is 0 Å². The van der Waals surface area contributed by atoms with Crippen molar-refractivity contribution in [1.82, 2.24) is 15.0 Å². The van der Waals surface area contributed by atoms with Crippen molar-refractivity contribution in [3.8, 4) is 0 Å². The number of aromatic nitrogens is 3. The zero-order chi connectivity index (χ0) is 15.7. The minimum absolute atomic E-state index is 0.236. The minimum atomic E-state index is -0.236. The normalized spacial score (nSPS) is 14.4. The first-order valence-corrected chi connectivity index (χ1v) is 8.20. The molecule has 2 aromatic rings. The maximum Gasteiger partial charge on any atom is 0.276 e. The van der Waals surface area contributed by atoms with Crippen LogP contribution in [-0.2, 0) is 0 Å². The first-order valence-electron chi connectivity index (χ1n) is 7.39. The number of rotatable bonds is 3. The van der Waals surface area contributed by atoms with E-state index in [-0.39, 0.29) is 5.91 Å². The Morgan fingerprint density at radius 3 is 2.55 bits per heavy atom. The molecule has 1 amide bonds. The molecule has 3 heterocycles. The Morgan fingerprint density at radius 1 is 1.18 bits per heavy atom. The van der Waals surface area contributed by atoms with Gasteiger partial charge in [0.15, 0.2) is 5.13 Å². The second-order valence-corrected chi connectivity index (χ2v) is 6.71. The summed E-state index contributed by atoms with van der Waals surface area (Å²) in [6, 6.07) is 1.71. The molecule has 0 atom stereocenters. The van der Waals surface area contributed by atoms with E-state index < -0.39 is 0 Å². The summed E-state index contributed by atoms with van der Waals surface area (Å²) in [7, 11) is 0. The summed E-state index contributed by atoms with van der Waals surface area (Å²) in [5.74, 6) is 0.411. The number of aryl methyl sites for hydroxylation is 3. The summed E-state index contributed by atoms with van der Waals surface area (Å²) in [4.78, 5) is 28.8. The summed E-state index contributed by atoms with van der Waals surface area (Å²) in [5, 5.41) is 3.43. The van der Waals surface area contributed by atoms with Gasteiger partial charge in [0.1, 0.15) is 5.69 Å². The Hall–Kier alpha value is -2.02. The standard InChI is InChI=1S/C15H19N5OS/c1-9-8-12(18-14(16-9)20-6-4-5-7-20)13(21)19-15-17-10(2)11(3)22-15/h8H,4-7H2,1-3H3,(H,17,19,21). The summed E-state index contributed by atoms with van der Waals surface area (Å²) < 4.78 is 0. The monoisotopic (exact) mass is 317 g/mol. The maximum absolute atomic E-state index is 12.4. The van der Waals surface area contributed by atoms with Crippen molar-refractivity contribution in [1.29, 1.82) is 0 Å². The number of carbonyl (C=O) groups excluding carboxylic acids is 1. The van der Waals surface area contributed by atoms with Crippen LogP contribution in [0.5, 0.6) is 0 Å². The molecule has 0 bridgehead atoms. The van der Waals surface area contributed by atoms with E-state index in [1.54, 1.807) is 6.07 Å². The van der Waals surface area contributed by atoms with Gasteiger partial charge in [0.2, 0.25) is 5.95 Å². The van der Waals surface area contributed by atoms with E-state index in [2.05, 4.69) is 25.2 Å². The lowest BCUT2D eigenvalue weighted by Gasteiger charge is -2.16. The lowest BCUT2D eigenvalue weighted by atomic mass is 10.3. The van der Waals surface area contributed by atoms with Gasteiger partial charge >= 0.3 is 0 Å². The zero-order valence-electron chi connectivity index (χ0n) is 13.0. The van der Waals surface area contributed by atoms with E-state index in [0.29, 0.717) is 16.8 Å². The highest BCUT2D eigenvalue weighted by Gasteiger charge is 2.18. The number of carbonyl (C=O) groups is 1. The molecule has 1 fully saturated rings. The Morgan fingerprint density at radius 2 is 1.91 bits per heavy atom. The van der Waals surface area contributed by atoms with E-state index in [9.17, 15) is 4.79 Å². The van der Waals surface area contributed by atoms with Crippen LogP contribution in [0.15, 0.2) is 6.07 Å². The van der Waals surface area contributed by atoms with E-state index in [4.69, 9.17) is 0 Å². The molecule has 3 rings (SSSR count). The summed E-state index contributed by atoms with van der Waals surface area (Å²) in [6.45, 7) is 7.71. The van der Waals surface area contributed by atoms with Gasteiger partial charge in [-0.15, -0.1) is 11.3 Å². The average Bonchev–Trinajstić information content (AvgIpc) is 3.09. The highest BCUT2D eigenvalue weighted by Crippen LogP contribution is 2.22. The van der Waals surface area contributed by atoms with Crippen molar-refractivity contribution >= 4 is 28.3 Å². The number of thiazole rings is 1. The van der Waals surface area contributed by atoms with Crippen LogP contribution in [0, 0.1) is 20.8 Å². The molecule has 1 aliphatic rings. The topological polar surface area (TPSA) is 71.0 Å². The van der Waals surface area contributed by atoms with Gasteiger partial charge in [0, 0.05) is 23.7 Å². The summed E-state index contributed by atoms with van der Waals surface area (Å²) >= 11 is 1.47. The van der Waals surface area contributed by atoms with Gasteiger partial charge in [-0.1, -0.05) is 0 Å². The molecular formula is C15H19N5OS. The zero-order valence-corrected chi connectivity index (χ0v) is 13.8. The fraction of sp³-hybridized carbons (Fsp3) is 0.467. The largest absolute Gasteiger partial charge is 0.341 e. The Kier molecular flexibility index (Phi) is 4.06. The number of amides is 1. The molecular weight excluding hydrogens is 298 g/mol.